The first-order valence-corrected chi connectivity index (χ1v) is 19.1. The Bertz CT molecular complexity index is 2840. The molecule has 10 rings (SSSR count). The van der Waals surface area contributed by atoms with E-state index in [0.717, 1.165) is 56.2 Å². The highest BCUT2D eigenvalue weighted by Crippen LogP contribution is 2.58. The molecule has 57 heavy (non-hydrogen) atoms. The number of nitrogens with zero attached hydrogens (tertiary/aromatic N) is 4. The summed E-state index contributed by atoms with van der Waals surface area (Å²) in [7, 11) is 0. The van der Waals surface area contributed by atoms with Crippen LogP contribution in [0.3, 0.4) is 0 Å². The van der Waals surface area contributed by atoms with E-state index in [2.05, 4.69) is 140 Å². The quantitative estimate of drug-likeness (QED) is 0.164. The summed E-state index contributed by atoms with van der Waals surface area (Å²) in [4.78, 5) is 14.6. The number of fused-ring (bicyclic) bond motifs is 3. The second-order valence-corrected chi connectivity index (χ2v) is 14.3. The second-order valence-electron chi connectivity index (χ2n) is 14.3. The van der Waals surface area contributed by atoms with Gasteiger partial charge < -0.3 is 0 Å². The maximum atomic E-state index is 9.92. The van der Waals surface area contributed by atoms with Crippen LogP contribution in [0.4, 0.5) is 0 Å². The molecule has 3 aromatic heterocycles. The van der Waals surface area contributed by atoms with Crippen LogP contribution >= 0.6 is 0 Å². The van der Waals surface area contributed by atoms with Crippen molar-refractivity contribution in [3.05, 3.63) is 234 Å². The zero-order valence-electron chi connectivity index (χ0n) is 30.9. The van der Waals surface area contributed by atoms with Crippen molar-refractivity contribution in [3.8, 4) is 73.4 Å². The Hall–Kier alpha value is -7.74. The smallest absolute Gasteiger partial charge is 0.0998 e. The van der Waals surface area contributed by atoms with Crippen LogP contribution in [-0.4, -0.2) is 15.0 Å². The third-order valence-corrected chi connectivity index (χ3v) is 11.1. The van der Waals surface area contributed by atoms with Crippen LogP contribution in [0, 0.1) is 11.3 Å². The van der Waals surface area contributed by atoms with Crippen molar-refractivity contribution in [1.82, 2.24) is 15.0 Å². The molecule has 0 fully saturated rings. The summed E-state index contributed by atoms with van der Waals surface area (Å²) >= 11 is 0. The van der Waals surface area contributed by atoms with E-state index in [-0.39, 0.29) is 0 Å². The molecule has 1 aliphatic rings. The molecule has 0 radical (unpaired) electrons. The second kappa shape index (κ2) is 14.2. The molecule has 0 saturated carbocycles. The van der Waals surface area contributed by atoms with Gasteiger partial charge in [0, 0.05) is 12.4 Å². The molecule has 4 heteroatoms. The Morgan fingerprint density at radius 1 is 0.368 bits per heavy atom. The van der Waals surface area contributed by atoms with Crippen molar-refractivity contribution < 1.29 is 0 Å². The highest BCUT2D eigenvalue weighted by molar-refractivity contribution is 5.96. The van der Waals surface area contributed by atoms with Crippen LogP contribution in [0.15, 0.2) is 207 Å². The fraction of sp³-hybridized carbons (Fsp3) is 0.0189. The molecule has 0 spiro atoms. The minimum atomic E-state index is -0.566. The van der Waals surface area contributed by atoms with Crippen LogP contribution < -0.4 is 0 Å². The van der Waals surface area contributed by atoms with E-state index in [1.54, 1.807) is 12.4 Å². The van der Waals surface area contributed by atoms with Gasteiger partial charge in [-0.3, -0.25) is 9.97 Å². The Kier molecular flexibility index (Phi) is 8.39. The lowest BCUT2D eigenvalue weighted by Crippen LogP contribution is -2.28. The van der Waals surface area contributed by atoms with Gasteiger partial charge in [-0.15, -0.1) is 0 Å². The molecule has 0 atom stereocenters. The number of hydrogen-bond donors (Lipinski definition) is 0. The van der Waals surface area contributed by atoms with Crippen molar-refractivity contribution in [3.63, 3.8) is 0 Å². The Balaban J connectivity index is 1.29. The first kappa shape index (κ1) is 33.8. The number of pyridine rings is 3. The van der Waals surface area contributed by atoms with Gasteiger partial charge in [0.15, 0.2) is 0 Å². The van der Waals surface area contributed by atoms with E-state index in [1.165, 1.54) is 33.4 Å². The average Bonchev–Trinajstić information content (AvgIpc) is 3.59. The zero-order chi connectivity index (χ0) is 38.2. The zero-order valence-corrected chi connectivity index (χ0v) is 30.9. The van der Waals surface area contributed by atoms with Gasteiger partial charge >= 0.3 is 0 Å². The van der Waals surface area contributed by atoms with Crippen LogP contribution in [0.1, 0.15) is 27.8 Å². The highest BCUT2D eigenvalue weighted by atomic mass is 14.8. The lowest BCUT2D eigenvalue weighted by atomic mass is 9.67. The molecule has 6 aromatic carbocycles. The molecule has 1 aliphatic carbocycles. The maximum absolute atomic E-state index is 9.92. The third kappa shape index (κ3) is 5.73. The molecular weight excluding hydrogens is 693 g/mol. The summed E-state index contributed by atoms with van der Waals surface area (Å²) in [6.07, 6.45) is 3.61. The number of benzene rings is 6. The van der Waals surface area contributed by atoms with Crippen molar-refractivity contribution in [1.29, 1.82) is 5.26 Å². The van der Waals surface area contributed by atoms with E-state index in [4.69, 9.17) is 15.0 Å². The minimum Gasteiger partial charge on any atom is -0.255 e. The molecule has 0 unspecified atom stereocenters. The fourth-order valence-corrected chi connectivity index (χ4v) is 8.60. The molecule has 0 aliphatic heterocycles. The van der Waals surface area contributed by atoms with E-state index in [9.17, 15) is 5.26 Å². The van der Waals surface area contributed by atoms with Gasteiger partial charge in [0.25, 0.3) is 0 Å². The number of rotatable bonds is 7. The number of hydrogen-bond acceptors (Lipinski definition) is 4. The molecule has 0 bridgehead atoms. The lowest BCUT2D eigenvalue weighted by Gasteiger charge is -2.34. The molecular formula is C53H34N4. The maximum Gasteiger partial charge on any atom is 0.0998 e. The SMILES string of the molecule is N#Cc1ccccc1-c1ccc(-c2cc3c(cc2-c2cc(-c4ccccn4)nc(-c4ccccn4)c2)-c2ccccc2C3(c2ccccc2)c2ccccc2)cc1. The van der Waals surface area contributed by atoms with Gasteiger partial charge in [-0.2, -0.15) is 5.26 Å². The molecule has 4 nitrogen and oxygen atoms in total. The van der Waals surface area contributed by atoms with Gasteiger partial charge in [0.1, 0.15) is 0 Å². The minimum absolute atomic E-state index is 0.566. The third-order valence-electron chi connectivity index (χ3n) is 11.1. The predicted octanol–water partition coefficient (Wildman–Crippen LogP) is 12.4. The molecule has 0 N–H and O–H groups in total. The van der Waals surface area contributed by atoms with Crippen molar-refractivity contribution in [2.24, 2.45) is 0 Å². The standard InChI is InChI=1S/C53H34N4/c54-35-38-15-7-8-20-42(38)36-25-27-37(28-26-36)45-34-48-46(43-21-9-10-22-47(43)53(48,40-16-3-1-4-17-40)41-18-5-2-6-19-41)33-44(45)39-31-51(49-23-11-13-29-55-49)57-52(32-39)50-24-12-14-30-56-50/h1-34H. The Morgan fingerprint density at radius 2 is 0.877 bits per heavy atom. The molecule has 9 aromatic rings. The van der Waals surface area contributed by atoms with Crippen LogP contribution in [-0.2, 0) is 5.41 Å². The van der Waals surface area contributed by atoms with Crippen LogP contribution in [0.5, 0.6) is 0 Å². The Morgan fingerprint density at radius 3 is 1.46 bits per heavy atom. The van der Waals surface area contributed by atoms with Crippen molar-refractivity contribution in [2.45, 2.75) is 5.41 Å². The highest BCUT2D eigenvalue weighted by Gasteiger charge is 2.46. The average molecular weight is 727 g/mol. The van der Waals surface area contributed by atoms with E-state index < -0.39 is 5.41 Å². The molecule has 0 saturated heterocycles. The normalized spacial score (nSPS) is 12.3. The first-order chi connectivity index (χ1) is 28.2. The van der Waals surface area contributed by atoms with Crippen molar-refractivity contribution >= 4 is 0 Å². The Labute approximate surface area is 332 Å². The summed E-state index contributed by atoms with van der Waals surface area (Å²) in [5.41, 5.74) is 16.6. The molecule has 3 heterocycles. The van der Waals surface area contributed by atoms with E-state index >= 15 is 0 Å². The summed E-state index contributed by atoms with van der Waals surface area (Å²) in [6, 6.07) is 70.3. The first-order valence-electron chi connectivity index (χ1n) is 19.1. The molecule has 266 valence electrons. The van der Waals surface area contributed by atoms with Crippen LogP contribution in [0.25, 0.3) is 67.3 Å². The lowest BCUT2D eigenvalue weighted by molar-refractivity contribution is 0.769. The number of aromatic nitrogens is 3. The number of nitriles is 1. The van der Waals surface area contributed by atoms with Gasteiger partial charge in [-0.1, -0.05) is 140 Å². The van der Waals surface area contributed by atoms with Gasteiger partial charge in [-0.25, -0.2) is 4.98 Å². The largest absolute Gasteiger partial charge is 0.255 e. The topological polar surface area (TPSA) is 62.5 Å². The van der Waals surface area contributed by atoms with Gasteiger partial charge in [-0.05, 0) is 121 Å². The van der Waals surface area contributed by atoms with Gasteiger partial charge in [0.2, 0.25) is 0 Å². The fourth-order valence-electron chi connectivity index (χ4n) is 8.60. The summed E-state index contributed by atoms with van der Waals surface area (Å²) in [5, 5.41) is 9.92. The molecule has 0 amide bonds. The van der Waals surface area contributed by atoms with E-state index in [0.29, 0.717) is 5.56 Å². The summed E-state index contributed by atoms with van der Waals surface area (Å²) in [6.45, 7) is 0. The predicted molar refractivity (Wildman–Crippen MR) is 229 cm³/mol. The summed E-state index contributed by atoms with van der Waals surface area (Å²) < 4.78 is 0. The van der Waals surface area contributed by atoms with E-state index in [1.807, 2.05) is 60.7 Å². The monoisotopic (exact) mass is 726 g/mol. The van der Waals surface area contributed by atoms with Crippen molar-refractivity contribution in [2.75, 3.05) is 0 Å². The van der Waals surface area contributed by atoms with Gasteiger partial charge in [0.05, 0.1) is 39.8 Å². The summed E-state index contributed by atoms with van der Waals surface area (Å²) in [5.74, 6) is 0. The van der Waals surface area contributed by atoms with Crippen LogP contribution in [0.2, 0.25) is 0 Å².